The normalized spacial score (nSPS) is 10.3. The summed E-state index contributed by atoms with van der Waals surface area (Å²) in [7, 11) is 1.64. The van der Waals surface area contributed by atoms with E-state index >= 15 is 0 Å². The van der Waals surface area contributed by atoms with Crippen LogP contribution in [0, 0.1) is 0 Å². The minimum absolute atomic E-state index is 0.0938. The molecule has 2 amide bonds. The monoisotopic (exact) mass is 332 g/mol. The fourth-order valence-corrected chi connectivity index (χ4v) is 2.73. The molecule has 2 N–H and O–H groups in total. The van der Waals surface area contributed by atoms with Gasteiger partial charge in [0.15, 0.2) is 0 Å². The summed E-state index contributed by atoms with van der Waals surface area (Å²) in [4.78, 5) is 24.3. The zero-order valence-electron chi connectivity index (χ0n) is 13.0. The van der Waals surface area contributed by atoms with Crippen molar-refractivity contribution >= 4 is 23.2 Å². The molecule has 0 spiro atoms. The minimum atomic E-state index is -0.141. The van der Waals surface area contributed by atoms with Gasteiger partial charge in [0.2, 0.25) is 5.91 Å². The first-order chi connectivity index (χ1) is 11.2. The number of amides is 2. The maximum absolute atomic E-state index is 11.9. The van der Waals surface area contributed by atoms with Crippen molar-refractivity contribution in [1.82, 2.24) is 10.6 Å². The highest BCUT2D eigenvalue weighted by atomic mass is 32.1. The van der Waals surface area contributed by atoms with Crippen LogP contribution in [-0.4, -0.2) is 25.5 Å². The molecule has 122 valence electrons. The fraction of sp³-hybridized carbons (Fsp3) is 0.294. The highest BCUT2D eigenvalue weighted by Gasteiger charge is 2.08. The van der Waals surface area contributed by atoms with Crippen LogP contribution in [0.4, 0.5) is 0 Å². The number of hydrogen-bond donors (Lipinski definition) is 2. The van der Waals surface area contributed by atoms with Crippen LogP contribution in [0.5, 0.6) is 0 Å². The predicted molar refractivity (Wildman–Crippen MR) is 90.3 cm³/mol. The molecule has 1 aromatic carbocycles. The number of carbonyl (C=O) groups is 2. The molecule has 5 nitrogen and oxygen atoms in total. The number of thiophene rings is 1. The first-order valence-electron chi connectivity index (χ1n) is 7.35. The topological polar surface area (TPSA) is 67.4 Å². The summed E-state index contributed by atoms with van der Waals surface area (Å²) in [5.41, 5.74) is 2.09. The van der Waals surface area contributed by atoms with Crippen molar-refractivity contribution in [3.63, 3.8) is 0 Å². The molecular formula is C17H20N2O3S. The van der Waals surface area contributed by atoms with Gasteiger partial charge in [-0.1, -0.05) is 30.3 Å². The van der Waals surface area contributed by atoms with Crippen LogP contribution in [0.3, 0.4) is 0 Å². The average Bonchev–Trinajstić information content (AvgIpc) is 3.09. The maximum Gasteiger partial charge on any atom is 0.261 e. The molecule has 0 bridgehead atoms. The Labute approximate surface area is 139 Å². The molecule has 0 radical (unpaired) electrons. The standard InChI is InChI=1S/C17H20N2O3S/c1-22-12-14-6-3-2-5-13(14)11-19-16(20)8-9-18-17(21)15-7-4-10-23-15/h2-7,10H,8-9,11-12H2,1H3,(H,18,21)(H,19,20). The van der Waals surface area contributed by atoms with E-state index in [-0.39, 0.29) is 18.2 Å². The lowest BCUT2D eigenvalue weighted by Gasteiger charge is -2.10. The SMILES string of the molecule is COCc1ccccc1CNC(=O)CCNC(=O)c1cccs1. The Morgan fingerprint density at radius 2 is 1.87 bits per heavy atom. The molecule has 23 heavy (non-hydrogen) atoms. The van der Waals surface area contributed by atoms with Crippen LogP contribution < -0.4 is 10.6 Å². The van der Waals surface area contributed by atoms with E-state index in [0.717, 1.165) is 11.1 Å². The molecular weight excluding hydrogens is 312 g/mol. The fourth-order valence-electron chi connectivity index (χ4n) is 2.09. The molecule has 2 rings (SSSR count). The van der Waals surface area contributed by atoms with Crippen molar-refractivity contribution in [2.75, 3.05) is 13.7 Å². The third kappa shape index (κ3) is 5.50. The van der Waals surface area contributed by atoms with E-state index in [1.54, 1.807) is 13.2 Å². The molecule has 0 saturated carbocycles. The molecule has 0 aliphatic heterocycles. The summed E-state index contributed by atoms with van der Waals surface area (Å²) in [5.74, 6) is -0.234. The quantitative estimate of drug-likeness (QED) is 0.780. The van der Waals surface area contributed by atoms with E-state index in [1.165, 1.54) is 11.3 Å². The van der Waals surface area contributed by atoms with Gasteiger partial charge in [0.1, 0.15) is 0 Å². The Morgan fingerprint density at radius 3 is 2.57 bits per heavy atom. The van der Waals surface area contributed by atoms with Gasteiger partial charge in [-0.25, -0.2) is 0 Å². The summed E-state index contributed by atoms with van der Waals surface area (Å²) in [5, 5.41) is 7.45. The van der Waals surface area contributed by atoms with E-state index < -0.39 is 0 Å². The smallest absolute Gasteiger partial charge is 0.261 e. The second-order valence-electron chi connectivity index (χ2n) is 4.96. The van der Waals surface area contributed by atoms with Gasteiger partial charge in [-0.2, -0.15) is 0 Å². The van der Waals surface area contributed by atoms with Crippen LogP contribution in [0.1, 0.15) is 27.2 Å². The first-order valence-corrected chi connectivity index (χ1v) is 8.23. The van der Waals surface area contributed by atoms with Crippen LogP contribution in [0.15, 0.2) is 41.8 Å². The molecule has 0 aliphatic rings. The molecule has 1 heterocycles. The Morgan fingerprint density at radius 1 is 1.09 bits per heavy atom. The van der Waals surface area contributed by atoms with E-state index in [2.05, 4.69) is 10.6 Å². The van der Waals surface area contributed by atoms with E-state index in [9.17, 15) is 9.59 Å². The average molecular weight is 332 g/mol. The summed E-state index contributed by atoms with van der Waals surface area (Å²) in [6.45, 7) is 1.29. The van der Waals surface area contributed by atoms with Gasteiger partial charge in [-0.3, -0.25) is 9.59 Å². The van der Waals surface area contributed by atoms with Gasteiger partial charge >= 0.3 is 0 Å². The molecule has 0 saturated heterocycles. The van der Waals surface area contributed by atoms with Gasteiger partial charge in [0, 0.05) is 26.6 Å². The van der Waals surface area contributed by atoms with Crippen LogP contribution in [0.25, 0.3) is 0 Å². The van der Waals surface area contributed by atoms with Crippen LogP contribution in [-0.2, 0) is 22.7 Å². The number of hydrogen-bond acceptors (Lipinski definition) is 4. The lowest BCUT2D eigenvalue weighted by molar-refractivity contribution is -0.121. The van der Waals surface area contributed by atoms with Crippen molar-refractivity contribution in [2.24, 2.45) is 0 Å². The van der Waals surface area contributed by atoms with Crippen molar-refractivity contribution in [1.29, 1.82) is 0 Å². The van der Waals surface area contributed by atoms with Gasteiger partial charge in [0.25, 0.3) is 5.91 Å². The number of benzene rings is 1. The van der Waals surface area contributed by atoms with Crippen LogP contribution >= 0.6 is 11.3 Å². The Hall–Kier alpha value is -2.18. The molecule has 0 atom stereocenters. The van der Waals surface area contributed by atoms with Crippen molar-refractivity contribution < 1.29 is 14.3 Å². The largest absolute Gasteiger partial charge is 0.380 e. The third-order valence-corrected chi connectivity index (χ3v) is 4.15. The second kappa shape index (κ2) is 9.07. The lowest BCUT2D eigenvalue weighted by Crippen LogP contribution is -2.30. The number of rotatable bonds is 8. The predicted octanol–water partition coefficient (Wildman–Crippen LogP) is 2.33. The second-order valence-corrected chi connectivity index (χ2v) is 5.91. The van der Waals surface area contributed by atoms with Crippen molar-refractivity contribution in [2.45, 2.75) is 19.6 Å². The molecule has 6 heteroatoms. The van der Waals surface area contributed by atoms with Gasteiger partial charge in [-0.05, 0) is 22.6 Å². The number of ether oxygens (including phenoxy) is 1. The van der Waals surface area contributed by atoms with E-state index in [1.807, 2.05) is 35.7 Å². The summed E-state index contributed by atoms with van der Waals surface area (Å²) in [6, 6.07) is 11.4. The van der Waals surface area contributed by atoms with Gasteiger partial charge < -0.3 is 15.4 Å². The third-order valence-electron chi connectivity index (χ3n) is 3.28. The maximum atomic E-state index is 11.9. The van der Waals surface area contributed by atoms with Crippen molar-refractivity contribution in [3.8, 4) is 0 Å². The summed E-state index contributed by atoms with van der Waals surface area (Å²) < 4.78 is 5.14. The summed E-state index contributed by atoms with van der Waals surface area (Å²) >= 11 is 1.38. The number of methoxy groups -OCH3 is 1. The molecule has 0 unspecified atom stereocenters. The van der Waals surface area contributed by atoms with Gasteiger partial charge in [0.05, 0.1) is 11.5 Å². The Kier molecular flexibility index (Phi) is 6.77. The number of carbonyl (C=O) groups excluding carboxylic acids is 2. The molecule has 2 aromatic rings. The minimum Gasteiger partial charge on any atom is -0.380 e. The highest BCUT2D eigenvalue weighted by molar-refractivity contribution is 7.12. The molecule has 0 aliphatic carbocycles. The first kappa shape index (κ1) is 17.2. The number of nitrogens with one attached hydrogen (secondary N) is 2. The van der Waals surface area contributed by atoms with E-state index in [4.69, 9.17) is 4.74 Å². The Bertz CT molecular complexity index is 641. The lowest BCUT2D eigenvalue weighted by atomic mass is 10.1. The van der Waals surface area contributed by atoms with Gasteiger partial charge in [-0.15, -0.1) is 11.3 Å². The zero-order valence-corrected chi connectivity index (χ0v) is 13.8. The Balaban J connectivity index is 1.72. The van der Waals surface area contributed by atoms with E-state index in [0.29, 0.717) is 24.6 Å². The summed E-state index contributed by atoms with van der Waals surface area (Å²) in [6.07, 6.45) is 0.254. The van der Waals surface area contributed by atoms with Crippen molar-refractivity contribution in [3.05, 3.63) is 57.8 Å². The molecule has 1 aromatic heterocycles. The molecule has 0 fully saturated rings. The highest BCUT2D eigenvalue weighted by Crippen LogP contribution is 2.10. The zero-order chi connectivity index (χ0) is 16.5. The van der Waals surface area contributed by atoms with Crippen LogP contribution in [0.2, 0.25) is 0 Å².